The molecule has 0 bridgehead atoms. The molecule has 2 aliphatic heterocycles. The number of carbonyl (C=O) groups excluding carboxylic acids is 2. The SMILES string of the molecule is O=C1NC(COCc2cc(C(F)(F)F)cc(C(F)(F)F)c2)(c2ccccc2)C(=O)N1CN1CCOCC1. The van der Waals surface area contributed by atoms with Crippen LogP contribution in [0.1, 0.15) is 22.3 Å². The normalized spacial score (nSPS) is 21.4. The van der Waals surface area contributed by atoms with Crippen LogP contribution in [0.25, 0.3) is 0 Å². The van der Waals surface area contributed by atoms with Crippen LogP contribution in [-0.2, 0) is 38.8 Å². The van der Waals surface area contributed by atoms with Gasteiger partial charge in [0, 0.05) is 13.1 Å². The second-order valence-corrected chi connectivity index (χ2v) is 8.71. The summed E-state index contributed by atoms with van der Waals surface area (Å²) in [7, 11) is 0. The van der Waals surface area contributed by atoms with Gasteiger partial charge in [-0.15, -0.1) is 0 Å². The topological polar surface area (TPSA) is 71.1 Å². The number of imide groups is 1. The van der Waals surface area contributed by atoms with Gasteiger partial charge in [-0.1, -0.05) is 30.3 Å². The number of alkyl halides is 6. The van der Waals surface area contributed by atoms with Crippen molar-refractivity contribution in [2.45, 2.75) is 24.5 Å². The van der Waals surface area contributed by atoms with Crippen LogP contribution in [0.15, 0.2) is 48.5 Å². The maximum Gasteiger partial charge on any atom is 0.416 e. The number of amides is 3. The second-order valence-electron chi connectivity index (χ2n) is 8.71. The minimum absolute atomic E-state index is 0.00875. The Morgan fingerprint density at radius 1 is 0.919 bits per heavy atom. The van der Waals surface area contributed by atoms with E-state index >= 15 is 0 Å². The van der Waals surface area contributed by atoms with Crippen molar-refractivity contribution in [3.05, 3.63) is 70.8 Å². The molecule has 3 amide bonds. The maximum atomic E-state index is 13.5. The van der Waals surface area contributed by atoms with Crippen molar-refractivity contribution in [3.8, 4) is 0 Å². The summed E-state index contributed by atoms with van der Waals surface area (Å²) >= 11 is 0. The Kier molecular flexibility index (Phi) is 7.49. The molecular formula is C24H23F6N3O4. The highest BCUT2D eigenvalue weighted by Gasteiger charge is 2.53. The van der Waals surface area contributed by atoms with Gasteiger partial charge in [-0.2, -0.15) is 26.3 Å². The summed E-state index contributed by atoms with van der Waals surface area (Å²) in [6.45, 7) is 0.700. The number of morpholine rings is 1. The summed E-state index contributed by atoms with van der Waals surface area (Å²) in [4.78, 5) is 29.2. The Morgan fingerprint density at radius 2 is 1.51 bits per heavy atom. The second kappa shape index (κ2) is 10.3. The summed E-state index contributed by atoms with van der Waals surface area (Å²) < 4.78 is 90.0. The molecule has 7 nitrogen and oxygen atoms in total. The average molecular weight is 531 g/mol. The van der Waals surface area contributed by atoms with Gasteiger partial charge in [-0.05, 0) is 29.3 Å². The smallest absolute Gasteiger partial charge is 0.379 e. The number of rotatable bonds is 7. The number of nitrogens with one attached hydrogen (secondary N) is 1. The van der Waals surface area contributed by atoms with Gasteiger partial charge in [0.1, 0.15) is 0 Å². The molecule has 1 atom stereocenters. The van der Waals surface area contributed by atoms with E-state index in [2.05, 4.69) is 5.32 Å². The Morgan fingerprint density at radius 3 is 2.08 bits per heavy atom. The molecule has 0 spiro atoms. The standard InChI is InChI=1S/C24H23F6N3O4/c25-23(26,27)18-10-16(11-19(12-18)24(28,29)30)13-37-14-22(17-4-2-1-3-5-17)20(34)33(21(35)31-22)15-32-6-8-36-9-7-32/h1-5,10-12H,6-9,13-15H2,(H,31,35). The summed E-state index contributed by atoms with van der Waals surface area (Å²) in [6, 6.07) is 8.55. The molecule has 2 aliphatic rings. The summed E-state index contributed by atoms with van der Waals surface area (Å²) in [5, 5.41) is 2.63. The van der Waals surface area contributed by atoms with Gasteiger partial charge in [-0.25, -0.2) is 9.69 Å². The quantitative estimate of drug-likeness (QED) is 0.433. The van der Waals surface area contributed by atoms with Crippen LogP contribution in [0, 0.1) is 0 Å². The minimum atomic E-state index is -5.00. The van der Waals surface area contributed by atoms with E-state index in [1.807, 2.05) is 4.90 Å². The third kappa shape index (κ3) is 5.89. The van der Waals surface area contributed by atoms with Crippen molar-refractivity contribution in [1.29, 1.82) is 0 Å². The lowest BCUT2D eigenvalue weighted by molar-refractivity contribution is -0.143. The fraction of sp³-hybridized carbons (Fsp3) is 0.417. The molecule has 2 fully saturated rings. The van der Waals surface area contributed by atoms with Crippen molar-refractivity contribution in [2.75, 3.05) is 39.6 Å². The molecule has 0 aromatic heterocycles. The highest BCUT2D eigenvalue weighted by molar-refractivity contribution is 6.07. The van der Waals surface area contributed by atoms with Crippen LogP contribution in [-0.4, -0.2) is 61.3 Å². The molecule has 0 radical (unpaired) electrons. The number of hydrogen-bond donors (Lipinski definition) is 1. The first-order valence-electron chi connectivity index (χ1n) is 11.3. The van der Waals surface area contributed by atoms with Gasteiger partial charge in [0.2, 0.25) is 0 Å². The maximum absolute atomic E-state index is 13.5. The lowest BCUT2D eigenvalue weighted by Crippen LogP contribution is -2.49. The molecule has 2 saturated heterocycles. The van der Waals surface area contributed by atoms with Crippen molar-refractivity contribution < 1.29 is 45.4 Å². The highest BCUT2D eigenvalue weighted by atomic mass is 19.4. The van der Waals surface area contributed by atoms with E-state index in [0.717, 1.165) is 4.90 Å². The molecule has 2 heterocycles. The van der Waals surface area contributed by atoms with Crippen LogP contribution < -0.4 is 5.32 Å². The lowest BCUT2D eigenvalue weighted by atomic mass is 9.90. The summed E-state index contributed by atoms with van der Waals surface area (Å²) in [5.74, 6) is -0.643. The third-order valence-electron chi connectivity index (χ3n) is 6.12. The van der Waals surface area contributed by atoms with E-state index in [1.165, 1.54) is 0 Å². The Hall–Kier alpha value is -3.16. The van der Waals surface area contributed by atoms with Gasteiger partial charge in [0.05, 0.1) is 44.2 Å². The monoisotopic (exact) mass is 531 g/mol. The molecule has 2 aromatic carbocycles. The molecular weight excluding hydrogens is 508 g/mol. The van der Waals surface area contributed by atoms with Crippen LogP contribution in [0.3, 0.4) is 0 Å². The first kappa shape index (κ1) is 26.9. The van der Waals surface area contributed by atoms with Crippen LogP contribution >= 0.6 is 0 Å². The van der Waals surface area contributed by atoms with Gasteiger partial charge in [0.15, 0.2) is 5.54 Å². The molecule has 0 saturated carbocycles. The Bertz CT molecular complexity index is 1100. The molecule has 2 aromatic rings. The number of urea groups is 1. The van der Waals surface area contributed by atoms with Gasteiger partial charge in [-0.3, -0.25) is 9.69 Å². The van der Waals surface area contributed by atoms with Crippen LogP contribution in [0.4, 0.5) is 31.1 Å². The molecule has 1 N–H and O–H groups in total. The van der Waals surface area contributed by atoms with E-state index in [-0.39, 0.29) is 18.3 Å². The van der Waals surface area contributed by atoms with E-state index in [0.29, 0.717) is 44.0 Å². The highest BCUT2D eigenvalue weighted by Crippen LogP contribution is 2.37. The third-order valence-corrected chi connectivity index (χ3v) is 6.12. The zero-order valence-electron chi connectivity index (χ0n) is 19.4. The van der Waals surface area contributed by atoms with E-state index in [4.69, 9.17) is 9.47 Å². The number of hydrogen-bond acceptors (Lipinski definition) is 5. The van der Waals surface area contributed by atoms with Crippen molar-refractivity contribution in [3.63, 3.8) is 0 Å². The zero-order chi connectivity index (χ0) is 26.8. The summed E-state index contributed by atoms with van der Waals surface area (Å²) in [5.41, 5.74) is -4.68. The van der Waals surface area contributed by atoms with Crippen LogP contribution in [0.2, 0.25) is 0 Å². The summed E-state index contributed by atoms with van der Waals surface area (Å²) in [6.07, 6.45) is -10.0. The predicted octanol–water partition coefficient (Wildman–Crippen LogP) is 3.98. The zero-order valence-corrected chi connectivity index (χ0v) is 19.4. The van der Waals surface area contributed by atoms with E-state index < -0.39 is 54.2 Å². The Balaban J connectivity index is 1.57. The number of benzene rings is 2. The van der Waals surface area contributed by atoms with Crippen LogP contribution in [0.5, 0.6) is 0 Å². The number of ether oxygens (including phenoxy) is 2. The van der Waals surface area contributed by atoms with Crippen molar-refractivity contribution >= 4 is 11.9 Å². The fourth-order valence-corrected chi connectivity index (χ4v) is 4.22. The van der Waals surface area contributed by atoms with Gasteiger partial charge < -0.3 is 14.8 Å². The number of nitrogens with zero attached hydrogens (tertiary/aromatic N) is 2. The van der Waals surface area contributed by atoms with E-state index in [1.54, 1.807) is 30.3 Å². The van der Waals surface area contributed by atoms with Crippen molar-refractivity contribution in [1.82, 2.24) is 15.1 Å². The molecule has 4 rings (SSSR count). The molecule has 200 valence electrons. The van der Waals surface area contributed by atoms with Gasteiger partial charge >= 0.3 is 18.4 Å². The molecule has 1 unspecified atom stereocenters. The number of carbonyl (C=O) groups is 2. The molecule has 37 heavy (non-hydrogen) atoms. The van der Waals surface area contributed by atoms with E-state index in [9.17, 15) is 35.9 Å². The largest absolute Gasteiger partial charge is 0.416 e. The van der Waals surface area contributed by atoms with Crippen molar-refractivity contribution in [2.24, 2.45) is 0 Å². The lowest BCUT2D eigenvalue weighted by Gasteiger charge is -2.30. The molecule has 13 heteroatoms. The minimum Gasteiger partial charge on any atom is -0.379 e. The van der Waals surface area contributed by atoms with Gasteiger partial charge in [0.25, 0.3) is 5.91 Å². The fourth-order valence-electron chi connectivity index (χ4n) is 4.22. The molecule has 0 aliphatic carbocycles. The number of halogens is 6. The predicted molar refractivity (Wildman–Crippen MR) is 117 cm³/mol. The first-order valence-corrected chi connectivity index (χ1v) is 11.3. The Labute approximate surface area is 207 Å². The first-order chi connectivity index (χ1) is 17.4. The average Bonchev–Trinajstić information content (AvgIpc) is 3.09.